The second-order valence-electron chi connectivity index (χ2n) is 10.1. The van der Waals surface area contributed by atoms with Crippen molar-refractivity contribution in [2.24, 2.45) is 12.8 Å². The van der Waals surface area contributed by atoms with Crippen LogP contribution in [0.3, 0.4) is 0 Å². The topological polar surface area (TPSA) is 133 Å². The molecule has 1 fully saturated rings. The van der Waals surface area contributed by atoms with E-state index in [9.17, 15) is 32.3 Å². The number of carboxylic acids is 1. The third-order valence-electron chi connectivity index (χ3n) is 7.42. The van der Waals surface area contributed by atoms with Crippen molar-refractivity contribution >= 4 is 22.9 Å². The zero-order valence-electron chi connectivity index (χ0n) is 22.9. The zero-order valence-corrected chi connectivity index (χ0v) is 22.9. The summed E-state index contributed by atoms with van der Waals surface area (Å²) >= 11 is 0. The second kappa shape index (κ2) is 12.3. The summed E-state index contributed by atoms with van der Waals surface area (Å²) in [5.41, 5.74) is 6.20. The number of carbonyl (C=O) groups excluding carboxylic acids is 1. The highest BCUT2D eigenvalue weighted by Crippen LogP contribution is 2.32. The highest BCUT2D eigenvalue weighted by Gasteiger charge is 2.25. The first-order chi connectivity index (χ1) is 20.5. The van der Waals surface area contributed by atoms with Gasteiger partial charge in [-0.15, -0.1) is 0 Å². The number of alkyl halides is 2. The quantitative estimate of drug-likeness (QED) is 0.252. The van der Waals surface area contributed by atoms with Gasteiger partial charge in [-0.25, -0.2) is 23.5 Å². The Morgan fingerprint density at radius 1 is 1.05 bits per heavy atom. The molecular formula is C29H27F4N5O5. The summed E-state index contributed by atoms with van der Waals surface area (Å²) in [7, 11) is 1.68. The Kier molecular flexibility index (Phi) is 8.48. The number of aromatic carboxylic acids is 1. The van der Waals surface area contributed by atoms with E-state index in [-0.39, 0.29) is 46.4 Å². The smallest absolute Gasteiger partial charge is 0.387 e. The predicted molar refractivity (Wildman–Crippen MR) is 145 cm³/mol. The number of piperidine rings is 1. The van der Waals surface area contributed by atoms with E-state index < -0.39 is 30.1 Å². The number of rotatable bonds is 10. The normalized spacial score (nSPS) is 14.4. The Bertz CT molecular complexity index is 1690. The molecule has 2 aromatic heterocycles. The molecule has 14 heteroatoms. The first kappa shape index (κ1) is 29.8. The lowest BCUT2D eigenvalue weighted by molar-refractivity contribution is -0.0489. The summed E-state index contributed by atoms with van der Waals surface area (Å²) in [4.78, 5) is 33.7. The fraction of sp³-hybridized carbons (Fsp3) is 0.310. The Balaban J connectivity index is 1.25. The van der Waals surface area contributed by atoms with Gasteiger partial charge in [0.1, 0.15) is 23.8 Å². The first-order valence-electron chi connectivity index (χ1n) is 13.3. The number of aryl methyl sites for hydroxylation is 1. The molecule has 3 N–H and O–H groups in total. The first-order valence-corrected chi connectivity index (χ1v) is 13.3. The summed E-state index contributed by atoms with van der Waals surface area (Å²) < 4.78 is 66.4. The zero-order chi connectivity index (χ0) is 30.8. The van der Waals surface area contributed by atoms with Gasteiger partial charge in [-0.2, -0.15) is 8.78 Å². The van der Waals surface area contributed by atoms with E-state index in [4.69, 9.17) is 10.5 Å². The number of ether oxygens (including phenoxy) is 2. The average molecular weight is 602 g/mol. The maximum atomic E-state index is 14.5. The molecule has 0 spiro atoms. The number of likely N-dealkylation sites (tertiary alicyclic amines) is 1. The van der Waals surface area contributed by atoms with Crippen LogP contribution in [-0.2, 0) is 20.2 Å². The summed E-state index contributed by atoms with van der Waals surface area (Å²) in [6, 6.07) is 8.92. The van der Waals surface area contributed by atoms with Crippen LogP contribution >= 0.6 is 0 Å². The van der Waals surface area contributed by atoms with Gasteiger partial charge in [-0.3, -0.25) is 9.69 Å². The summed E-state index contributed by atoms with van der Waals surface area (Å²) in [5.74, 6) is -3.48. The molecule has 10 nitrogen and oxygen atoms in total. The van der Waals surface area contributed by atoms with Crippen molar-refractivity contribution in [2.45, 2.75) is 38.5 Å². The number of halogens is 4. The number of carbonyl (C=O) groups is 2. The van der Waals surface area contributed by atoms with Crippen molar-refractivity contribution < 1.29 is 41.7 Å². The molecule has 0 saturated carbocycles. The van der Waals surface area contributed by atoms with Crippen LogP contribution in [0.15, 0.2) is 42.5 Å². The molecule has 1 amide bonds. The fourth-order valence-electron chi connectivity index (χ4n) is 5.07. The molecule has 3 heterocycles. The number of hydrogen-bond acceptors (Lipinski definition) is 7. The van der Waals surface area contributed by atoms with E-state index in [1.807, 2.05) is 0 Å². The number of fused-ring (bicyclic) bond motifs is 1. The van der Waals surface area contributed by atoms with Gasteiger partial charge in [-0.1, -0.05) is 6.07 Å². The number of nitrogens with two attached hydrogens (primary N) is 1. The number of nitrogens with zero attached hydrogens (tertiary/aromatic N) is 4. The number of benzene rings is 2. The minimum absolute atomic E-state index is 0.00426. The summed E-state index contributed by atoms with van der Waals surface area (Å²) in [5, 5.41) is 9.39. The lowest BCUT2D eigenvalue weighted by Crippen LogP contribution is -2.33. The highest BCUT2D eigenvalue weighted by atomic mass is 19.3. The van der Waals surface area contributed by atoms with Crippen LogP contribution in [0, 0.1) is 11.6 Å². The van der Waals surface area contributed by atoms with Crippen molar-refractivity contribution in [3.05, 3.63) is 82.3 Å². The number of hydrogen-bond donors (Lipinski definition) is 2. The molecule has 43 heavy (non-hydrogen) atoms. The largest absolute Gasteiger partial charge is 0.478 e. The number of aromatic nitrogens is 3. The van der Waals surface area contributed by atoms with Crippen LogP contribution in [-0.4, -0.2) is 56.1 Å². The number of imidazole rings is 1. The van der Waals surface area contributed by atoms with E-state index in [2.05, 4.69) is 19.6 Å². The maximum Gasteiger partial charge on any atom is 0.387 e. The predicted octanol–water partition coefficient (Wildman–Crippen LogP) is 4.60. The van der Waals surface area contributed by atoms with Crippen molar-refractivity contribution in [1.82, 2.24) is 19.4 Å². The van der Waals surface area contributed by atoms with Crippen LogP contribution in [0.25, 0.3) is 11.0 Å². The van der Waals surface area contributed by atoms with E-state index in [0.717, 1.165) is 12.1 Å². The van der Waals surface area contributed by atoms with Crippen LogP contribution in [0.4, 0.5) is 17.6 Å². The number of carboxylic acid groups (broad SMARTS) is 1. The van der Waals surface area contributed by atoms with E-state index in [1.165, 1.54) is 24.3 Å². The Morgan fingerprint density at radius 3 is 2.44 bits per heavy atom. The van der Waals surface area contributed by atoms with E-state index in [0.29, 0.717) is 49.5 Å². The molecule has 4 aromatic rings. The standard InChI is InChI=1S/C29H27F4N5O5/c1-37-22-11-18(28(40)41)12-23(43-29(32)33)25(22)36-24(37)13-38-8-6-15(7-9-38)21-5-4-19(30)27(35-21)42-14-17-3-2-16(26(34)39)10-20(17)31/h2-5,10-12,15,29H,6-9,13-14H2,1H3,(H2,34,39)(H,40,41). The average Bonchev–Trinajstić information content (AvgIpc) is 3.28. The van der Waals surface area contributed by atoms with Crippen LogP contribution in [0.2, 0.25) is 0 Å². The summed E-state index contributed by atoms with van der Waals surface area (Å²) in [6.07, 6.45) is 1.35. The molecule has 1 aliphatic heterocycles. The van der Waals surface area contributed by atoms with Crippen LogP contribution in [0.5, 0.6) is 11.6 Å². The van der Waals surface area contributed by atoms with Crippen molar-refractivity contribution in [3.63, 3.8) is 0 Å². The third-order valence-corrected chi connectivity index (χ3v) is 7.42. The van der Waals surface area contributed by atoms with Crippen LogP contribution in [0.1, 0.15) is 56.6 Å². The fourth-order valence-corrected chi connectivity index (χ4v) is 5.07. The molecule has 2 aromatic carbocycles. The van der Waals surface area contributed by atoms with Crippen molar-refractivity contribution in [1.29, 1.82) is 0 Å². The molecule has 0 unspecified atom stereocenters. The van der Waals surface area contributed by atoms with Crippen LogP contribution < -0.4 is 15.2 Å². The van der Waals surface area contributed by atoms with Gasteiger partial charge in [0.25, 0.3) is 5.88 Å². The molecule has 5 rings (SSSR count). The van der Waals surface area contributed by atoms with E-state index >= 15 is 0 Å². The van der Waals surface area contributed by atoms with Crippen molar-refractivity contribution in [3.8, 4) is 11.6 Å². The highest BCUT2D eigenvalue weighted by molar-refractivity contribution is 5.95. The molecule has 0 radical (unpaired) electrons. The van der Waals surface area contributed by atoms with Gasteiger partial charge >= 0.3 is 12.6 Å². The van der Waals surface area contributed by atoms with Gasteiger partial charge in [0, 0.05) is 29.8 Å². The Hall–Kier alpha value is -4.72. The molecular weight excluding hydrogens is 574 g/mol. The van der Waals surface area contributed by atoms with Gasteiger partial charge < -0.3 is 24.9 Å². The Labute approximate surface area is 242 Å². The lowest BCUT2D eigenvalue weighted by atomic mass is 9.93. The van der Waals surface area contributed by atoms with Gasteiger partial charge in [0.2, 0.25) is 5.91 Å². The molecule has 0 atom stereocenters. The van der Waals surface area contributed by atoms with Gasteiger partial charge in [0.05, 0.1) is 17.6 Å². The molecule has 0 bridgehead atoms. The molecule has 1 aliphatic rings. The molecule has 1 saturated heterocycles. The SMILES string of the molecule is Cn1c(CN2CCC(c3ccc(F)c(OCc4ccc(C(N)=O)cc4F)n3)CC2)nc2c(OC(F)F)cc(C(=O)O)cc21. The second-order valence-corrected chi connectivity index (χ2v) is 10.1. The minimum atomic E-state index is -3.14. The third kappa shape index (κ3) is 6.53. The lowest BCUT2D eigenvalue weighted by Gasteiger charge is -2.31. The van der Waals surface area contributed by atoms with E-state index in [1.54, 1.807) is 17.7 Å². The van der Waals surface area contributed by atoms with Gasteiger partial charge in [0.15, 0.2) is 11.6 Å². The monoisotopic (exact) mass is 601 g/mol. The number of pyridine rings is 1. The number of amides is 1. The Morgan fingerprint density at radius 2 is 1.79 bits per heavy atom. The van der Waals surface area contributed by atoms with Crippen molar-refractivity contribution in [2.75, 3.05) is 13.1 Å². The summed E-state index contributed by atoms with van der Waals surface area (Å²) in [6.45, 7) is -1.81. The number of primary amides is 1. The molecule has 226 valence electrons. The van der Waals surface area contributed by atoms with Gasteiger partial charge in [-0.05, 0) is 62.3 Å². The maximum absolute atomic E-state index is 14.5. The molecule has 0 aliphatic carbocycles. The minimum Gasteiger partial charge on any atom is -0.478 e.